The number of hydrogen-bond acceptors (Lipinski definition) is 4. The lowest BCUT2D eigenvalue weighted by Crippen LogP contribution is -2.54. The summed E-state index contributed by atoms with van der Waals surface area (Å²) in [6.45, 7) is 6.06. The van der Waals surface area contributed by atoms with Gasteiger partial charge in [0, 0.05) is 12.4 Å². The van der Waals surface area contributed by atoms with E-state index in [0.29, 0.717) is 18.4 Å². The summed E-state index contributed by atoms with van der Waals surface area (Å²) >= 11 is 0. The standard InChI is InChI=1S/C24H31N3O4/c1-4-20-21(19(28)15-31-20)27-23(30)18(26-22(29)17-10-11-25-14-17)13-24(2,3)12-16-8-6-5-7-9-16/h5-11,14,18,20-21,25H,4,12-13,15H2,1-3H3,(H,26,29)(H,27,30). The van der Waals surface area contributed by atoms with Gasteiger partial charge in [-0.15, -0.1) is 0 Å². The average Bonchev–Trinajstić information content (AvgIpc) is 3.38. The molecule has 1 aliphatic rings. The summed E-state index contributed by atoms with van der Waals surface area (Å²) in [5.41, 5.74) is 1.34. The van der Waals surface area contributed by atoms with Gasteiger partial charge in [0.05, 0.1) is 11.7 Å². The minimum atomic E-state index is -0.785. The fourth-order valence-electron chi connectivity index (χ4n) is 4.05. The minimum Gasteiger partial charge on any atom is -0.368 e. The van der Waals surface area contributed by atoms with Crippen molar-refractivity contribution in [3.63, 3.8) is 0 Å². The molecule has 1 fully saturated rings. The number of ether oxygens (including phenoxy) is 1. The molecule has 1 aliphatic heterocycles. The van der Waals surface area contributed by atoms with Crippen LogP contribution in [-0.4, -0.2) is 47.4 Å². The number of amides is 2. The highest BCUT2D eigenvalue weighted by Gasteiger charge is 2.38. The molecular weight excluding hydrogens is 394 g/mol. The van der Waals surface area contributed by atoms with Crippen LogP contribution in [0.15, 0.2) is 48.8 Å². The number of nitrogens with one attached hydrogen (secondary N) is 3. The Morgan fingerprint density at radius 3 is 2.61 bits per heavy atom. The van der Waals surface area contributed by atoms with Crippen molar-refractivity contribution in [2.24, 2.45) is 5.41 Å². The van der Waals surface area contributed by atoms with Crippen molar-refractivity contribution in [1.29, 1.82) is 0 Å². The Balaban J connectivity index is 1.75. The summed E-state index contributed by atoms with van der Waals surface area (Å²) in [6, 6.07) is 10.2. The van der Waals surface area contributed by atoms with E-state index in [1.165, 1.54) is 0 Å². The van der Waals surface area contributed by atoms with Crippen LogP contribution in [0.4, 0.5) is 0 Å². The summed E-state index contributed by atoms with van der Waals surface area (Å²) < 4.78 is 5.47. The van der Waals surface area contributed by atoms with Crippen molar-refractivity contribution in [2.45, 2.75) is 58.2 Å². The van der Waals surface area contributed by atoms with E-state index in [2.05, 4.69) is 41.6 Å². The van der Waals surface area contributed by atoms with Gasteiger partial charge in [0.25, 0.3) is 5.91 Å². The Labute approximate surface area is 182 Å². The Kier molecular flexibility index (Phi) is 7.28. The van der Waals surface area contributed by atoms with Crippen molar-refractivity contribution < 1.29 is 19.1 Å². The fourth-order valence-corrected chi connectivity index (χ4v) is 4.05. The summed E-state index contributed by atoms with van der Waals surface area (Å²) in [7, 11) is 0. The molecule has 3 unspecified atom stereocenters. The van der Waals surface area contributed by atoms with Gasteiger partial charge < -0.3 is 20.4 Å². The Bertz CT molecular complexity index is 893. The van der Waals surface area contributed by atoms with Crippen LogP contribution >= 0.6 is 0 Å². The van der Waals surface area contributed by atoms with Gasteiger partial charge in [-0.2, -0.15) is 0 Å². The molecular formula is C24H31N3O4. The van der Waals surface area contributed by atoms with Gasteiger partial charge in [-0.1, -0.05) is 51.1 Å². The first-order valence-corrected chi connectivity index (χ1v) is 10.7. The predicted octanol–water partition coefficient (Wildman–Crippen LogP) is 2.63. The molecule has 2 heterocycles. The largest absolute Gasteiger partial charge is 0.368 e. The smallest absolute Gasteiger partial charge is 0.253 e. The highest BCUT2D eigenvalue weighted by molar-refractivity contribution is 5.98. The lowest BCUT2D eigenvalue weighted by Gasteiger charge is -2.31. The normalized spacial score (nSPS) is 19.8. The first kappa shape index (κ1) is 22.7. The highest BCUT2D eigenvalue weighted by Crippen LogP contribution is 2.28. The summed E-state index contributed by atoms with van der Waals surface area (Å²) in [5, 5.41) is 5.69. The Morgan fingerprint density at radius 1 is 1.23 bits per heavy atom. The lowest BCUT2D eigenvalue weighted by molar-refractivity contribution is -0.128. The quantitative estimate of drug-likeness (QED) is 0.575. The second-order valence-corrected chi connectivity index (χ2v) is 8.87. The number of Topliss-reactive ketones (excluding diaryl/α,β-unsaturated/α-hetero) is 1. The van der Waals surface area contributed by atoms with Crippen LogP contribution in [0.25, 0.3) is 0 Å². The minimum absolute atomic E-state index is 0.00330. The Morgan fingerprint density at radius 2 is 1.97 bits per heavy atom. The van der Waals surface area contributed by atoms with Gasteiger partial charge in [-0.25, -0.2) is 0 Å². The van der Waals surface area contributed by atoms with Crippen molar-refractivity contribution in [3.05, 3.63) is 59.9 Å². The average molecular weight is 426 g/mol. The topological polar surface area (TPSA) is 100 Å². The van der Waals surface area contributed by atoms with Crippen LogP contribution in [0.5, 0.6) is 0 Å². The zero-order valence-corrected chi connectivity index (χ0v) is 18.3. The third kappa shape index (κ3) is 6.04. The molecule has 3 N–H and O–H groups in total. The molecule has 1 saturated heterocycles. The maximum atomic E-state index is 13.2. The van der Waals surface area contributed by atoms with Crippen LogP contribution in [0.2, 0.25) is 0 Å². The number of carbonyl (C=O) groups excluding carboxylic acids is 3. The van der Waals surface area contributed by atoms with Crippen molar-refractivity contribution in [3.8, 4) is 0 Å². The van der Waals surface area contributed by atoms with Gasteiger partial charge in [-0.3, -0.25) is 14.4 Å². The summed E-state index contributed by atoms with van der Waals surface area (Å²) in [4.78, 5) is 40.9. The van der Waals surface area contributed by atoms with Gasteiger partial charge >= 0.3 is 0 Å². The van der Waals surface area contributed by atoms with Gasteiger partial charge in [0.15, 0.2) is 5.78 Å². The van der Waals surface area contributed by atoms with Gasteiger partial charge in [0.1, 0.15) is 18.7 Å². The number of benzene rings is 1. The van der Waals surface area contributed by atoms with E-state index in [9.17, 15) is 14.4 Å². The number of aromatic nitrogens is 1. The summed E-state index contributed by atoms with van der Waals surface area (Å²) in [6.07, 6.45) is 4.69. The van der Waals surface area contributed by atoms with Crippen LogP contribution in [-0.2, 0) is 20.7 Å². The van der Waals surface area contributed by atoms with Crippen molar-refractivity contribution in [2.75, 3.05) is 6.61 Å². The number of hydrogen-bond donors (Lipinski definition) is 3. The zero-order valence-electron chi connectivity index (χ0n) is 18.3. The lowest BCUT2D eigenvalue weighted by atomic mass is 9.79. The van der Waals surface area contributed by atoms with E-state index in [1.54, 1.807) is 18.5 Å². The van der Waals surface area contributed by atoms with E-state index in [1.807, 2.05) is 25.1 Å². The molecule has 0 saturated carbocycles. The van der Waals surface area contributed by atoms with Crippen molar-refractivity contribution >= 4 is 17.6 Å². The van der Waals surface area contributed by atoms with Crippen LogP contribution in [0.3, 0.4) is 0 Å². The molecule has 2 amide bonds. The molecule has 1 aromatic heterocycles. The maximum Gasteiger partial charge on any atom is 0.253 e. The fraction of sp³-hybridized carbons (Fsp3) is 0.458. The zero-order chi connectivity index (χ0) is 22.4. The third-order valence-corrected chi connectivity index (χ3v) is 5.62. The van der Waals surface area contributed by atoms with Crippen LogP contribution in [0, 0.1) is 5.41 Å². The molecule has 1 aromatic carbocycles. The predicted molar refractivity (Wildman–Crippen MR) is 118 cm³/mol. The third-order valence-electron chi connectivity index (χ3n) is 5.62. The highest BCUT2D eigenvalue weighted by atomic mass is 16.5. The molecule has 7 heteroatoms. The summed E-state index contributed by atoms with van der Waals surface area (Å²) in [5.74, 6) is -0.843. The van der Waals surface area contributed by atoms with Gasteiger partial charge in [-0.05, 0) is 36.3 Å². The first-order valence-electron chi connectivity index (χ1n) is 10.7. The molecule has 3 rings (SSSR count). The molecule has 31 heavy (non-hydrogen) atoms. The van der Waals surface area contributed by atoms with Crippen LogP contribution < -0.4 is 10.6 Å². The van der Waals surface area contributed by atoms with E-state index >= 15 is 0 Å². The number of aromatic amines is 1. The number of carbonyl (C=O) groups is 3. The molecule has 2 aromatic rings. The number of H-pyrrole nitrogens is 1. The second kappa shape index (κ2) is 9.92. The maximum absolute atomic E-state index is 13.2. The van der Waals surface area contributed by atoms with Crippen LogP contribution in [0.1, 0.15) is 49.5 Å². The first-order chi connectivity index (χ1) is 14.8. The van der Waals surface area contributed by atoms with E-state index in [-0.39, 0.29) is 35.7 Å². The molecule has 166 valence electrons. The molecule has 3 atom stereocenters. The second-order valence-electron chi connectivity index (χ2n) is 8.87. The Hall–Kier alpha value is -2.93. The molecule has 0 spiro atoms. The van der Waals surface area contributed by atoms with E-state index < -0.39 is 12.1 Å². The molecule has 0 aliphatic carbocycles. The van der Waals surface area contributed by atoms with E-state index in [4.69, 9.17) is 4.74 Å². The van der Waals surface area contributed by atoms with E-state index in [0.717, 1.165) is 12.0 Å². The number of ketones is 1. The molecule has 0 radical (unpaired) electrons. The SMILES string of the molecule is CCC1OCC(=O)C1NC(=O)C(CC(C)(C)Cc1ccccc1)NC(=O)c1cc[nH]c1. The molecule has 7 nitrogen and oxygen atoms in total. The van der Waals surface area contributed by atoms with Crippen molar-refractivity contribution in [1.82, 2.24) is 15.6 Å². The molecule has 0 bridgehead atoms. The van der Waals surface area contributed by atoms with Gasteiger partial charge in [0.2, 0.25) is 5.91 Å². The number of rotatable bonds is 9. The monoisotopic (exact) mass is 425 g/mol.